The van der Waals surface area contributed by atoms with E-state index in [0.29, 0.717) is 25.4 Å². The molecule has 1 aromatic heterocycles. The Kier molecular flexibility index (Phi) is 4.90. The number of amides is 1. The summed E-state index contributed by atoms with van der Waals surface area (Å²) in [6.07, 6.45) is 3.05. The number of hydrogen-bond acceptors (Lipinski definition) is 3. The standard InChI is InChI=1S/C13H17IN2O4/c1-2-20-13(19)15-5-3-10(4-6-15)16-8-9(14)7-11(16)12(17)18/h7-8,10H,2-6H2,1H3,(H,17,18). The van der Waals surface area contributed by atoms with Crippen molar-refractivity contribution in [3.05, 3.63) is 21.5 Å². The highest BCUT2D eigenvalue weighted by Gasteiger charge is 2.26. The van der Waals surface area contributed by atoms with Crippen LogP contribution >= 0.6 is 22.6 Å². The molecule has 1 saturated heterocycles. The lowest BCUT2D eigenvalue weighted by atomic mass is 10.1. The van der Waals surface area contributed by atoms with Crippen LogP contribution in [0.5, 0.6) is 0 Å². The fourth-order valence-electron chi connectivity index (χ4n) is 2.46. The summed E-state index contributed by atoms with van der Waals surface area (Å²) >= 11 is 2.11. The van der Waals surface area contributed by atoms with E-state index in [4.69, 9.17) is 4.74 Å². The van der Waals surface area contributed by atoms with Crippen molar-refractivity contribution in [2.75, 3.05) is 19.7 Å². The van der Waals surface area contributed by atoms with Crippen molar-refractivity contribution >= 4 is 34.7 Å². The normalized spacial score (nSPS) is 16.2. The molecule has 2 heterocycles. The molecule has 0 aromatic carbocycles. The Bertz CT molecular complexity index is 506. The Morgan fingerprint density at radius 3 is 2.65 bits per heavy atom. The van der Waals surface area contributed by atoms with E-state index in [0.717, 1.165) is 16.4 Å². The summed E-state index contributed by atoms with van der Waals surface area (Å²) < 4.78 is 7.70. The number of rotatable bonds is 3. The number of ether oxygens (including phenoxy) is 1. The summed E-state index contributed by atoms with van der Waals surface area (Å²) in [6.45, 7) is 3.35. The van der Waals surface area contributed by atoms with E-state index in [1.165, 1.54) is 0 Å². The molecule has 20 heavy (non-hydrogen) atoms. The average molecular weight is 392 g/mol. The Morgan fingerprint density at radius 2 is 2.10 bits per heavy atom. The van der Waals surface area contributed by atoms with Gasteiger partial charge in [0, 0.05) is 28.9 Å². The molecular weight excluding hydrogens is 375 g/mol. The molecule has 1 fully saturated rings. The van der Waals surface area contributed by atoms with Crippen molar-refractivity contribution in [3.63, 3.8) is 0 Å². The molecule has 0 radical (unpaired) electrons. The van der Waals surface area contributed by atoms with Crippen LogP contribution in [0.25, 0.3) is 0 Å². The van der Waals surface area contributed by atoms with Crippen LogP contribution in [0.4, 0.5) is 4.79 Å². The van der Waals surface area contributed by atoms with Crippen LogP contribution in [0.1, 0.15) is 36.3 Å². The van der Waals surface area contributed by atoms with Gasteiger partial charge < -0.3 is 19.3 Å². The van der Waals surface area contributed by atoms with Crippen molar-refractivity contribution < 1.29 is 19.4 Å². The van der Waals surface area contributed by atoms with Gasteiger partial charge in [-0.25, -0.2) is 9.59 Å². The number of carbonyl (C=O) groups is 2. The molecule has 0 bridgehead atoms. The van der Waals surface area contributed by atoms with Crippen LogP contribution in [-0.2, 0) is 4.74 Å². The molecule has 0 unspecified atom stereocenters. The molecule has 2 rings (SSSR count). The zero-order chi connectivity index (χ0) is 14.7. The average Bonchev–Trinajstić information content (AvgIpc) is 2.81. The van der Waals surface area contributed by atoms with Gasteiger partial charge in [-0.2, -0.15) is 0 Å². The molecule has 0 aliphatic carbocycles. The number of aromatic nitrogens is 1. The number of likely N-dealkylation sites (tertiary alicyclic amines) is 1. The molecule has 0 spiro atoms. The van der Waals surface area contributed by atoms with Gasteiger partial charge in [-0.05, 0) is 48.4 Å². The number of carboxylic acids is 1. The molecule has 0 atom stereocenters. The van der Waals surface area contributed by atoms with Crippen LogP contribution in [0, 0.1) is 3.57 Å². The van der Waals surface area contributed by atoms with E-state index in [1.54, 1.807) is 17.9 Å². The van der Waals surface area contributed by atoms with E-state index in [1.807, 2.05) is 10.8 Å². The zero-order valence-electron chi connectivity index (χ0n) is 11.2. The second-order valence-electron chi connectivity index (χ2n) is 4.67. The molecule has 0 saturated carbocycles. The topological polar surface area (TPSA) is 71.8 Å². The first-order valence-corrected chi connectivity index (χ1v) is 7.63. The van der Waals surface area contributed by atoms with Crippen molar-refractivity contribution in [2.45, 2.75) is 25.8 Å². The molecule has 1 aliphatic rings. The number of piperidine rings is 1. The van der Waals surface area contributed by atoms with Gasteiger partial charge in [0.05, 0.1) is 6.61 Å². The van der Waals surface area contributed by atoms with E-state index >= 15 is 0 Å². The fraction of sp³-hybridized carbons (Fsp3) is 0.538. The summed E-state index contributed by atoms with van der Waals surface area (Å²) in [4.78, 5) is 24.5. The van der Waals surface area contributed by atoms with Gasteiger partial charge in [0.25, 0.3) is 0 Å². The predicted molar refractivity (Wildman–Crippen MR) is 81.0 cm³/mol. The highest BCUT2D eigenvalue weighted by atomic mass is 127. The number of carbonyl (C=O) groups excluding carboxylic acids is 1. The van der Waals surface area contributed by atoms with Gasteiger partial charge in [0.2, 0.25) is 0 Å². The van der Waals surface area contributed by atoms with Gasteiger partial charge in [0.1, 0.15) is 5.69 Å². The number of nitrogens with zero attached hydrogens (tertiary/aromatic N) is 2. The van der Waals surface area contributed by atoms with E-state index in [2.05, 4.69) is 22.6 Å². The zero-order valence-corrected chi connectivity index (χ0v) is 13.4. The lowest BCUT2D eigenvalue weighted by Crippen LogP contribution is -2.39. The number of hydrogen-bond donors (Lipinski definition) is 1. The molecule has 1 aliphatic heterocycles. The maximum atomic E-state index is 11.6. The summed E-state index contributed by atoms with van der Waals surface area (Å²) in [6, 6.07) is 1.79. The SMILES string of the molecule is CCOC(=O)N1CCC(n2cc(I)cc2C(=O)O)CC1. The van der Waals surface area contributed by atoms with Crippen molar-refractivity contribution in [3.8, 4) is 0 Å². The van der Waals surface area contributed by atoms with Gasteiger partial charge in [-0.3, -0.25) is 0 Å². The van der Waals surface area contributed by atoms with Crippen molar-refractivity contribution in [1.29, 1.82) is 0 Å². The second kappa shape index (κ2) is 6.47. The summed E-state index contributed by atoms with van der Waals surface area (Å²) in [5.74, 6) is -0.916. The van der Waals surface area contributed by atoms with Gasteiger partial charge in [0.15, 0.2) is 0 Å². The van der Waals surface area contributed by atoms with Crippen LogP contribution in [-0.4, -0.2) is 46.3 Å². The molecule has 1 N–H and O–H groups in total. The minimum absolute atomic E-state index is 0.121. The van der Waals surface area contributed by atoms with Crippen LogP contribution in [0.15, 0.2) is 12.3 Å². The first kappa shape index (κ1) is 15.1. The lowest BCUT2D eigenvalue weighted by Gasteiger charge is -2.32. The molecule has 110 valence electrons. The molecule has 1 amide bonds. The number of carboxylic acid groups (broad SMARTS) is 1. The molecular formula is C13H17IN2O4. The molecule has 6 nitrogen and oxygen atoms in total. The highest BCUT2D eigenvalue weighted by Crippen LogP contribution is 2.26. The van der Waals surface area contributed by atoms with Gasteiger partial charge in [-0.1, -0.05) is 0 Å². The number of aromatic carboxylic acids is 1. The second-order valence-corrected chi connectivity index (χ2v) is 5.92. The van der Waals surface area contributed by atoms with E-state index in [-0.39, 0.29) is 12.1 Å². The van der Waals surface area contributed by atoms with Crippen LogP contribution in [0.3, 0.4) is 0 Å². The van der Waals surface area contributed by atoms with E-state index in [9.17, 15) is 14.7 Å². The summed E-state index contributed by atoms with van der Waals surface area (Å²) in [5.41, 5.74) is 0.309. The third-order valence-corrected chi connectivity index (χ3v) is 4.01. The molecule has 7 heteroatoms. The predicted octanol–water partition coefficient (Wildman–Crippen LogP) is 2.58. The van der Waals surface area contributed by atoms with Gasteiger partial charge >= 0.3 is 12.1 Å². The highest BCUT2D eigenvalue weighted by molar-refractivity contribution is 14.1. The third kappa shape index (κ3) is 3.25. The Morgan fingerprint density at radius 1 is 1.45 bits per heavy atom. The maximum absolute atomic E-state index is 11.6. The minimum atomic E-state index is -0.916. The Labute approximate surface area is 130 Å². The summed E-state index contributed by atoms with van der Waals surface area (Å²) in [7, 11) is 0. The van der Waals surface area contributed by atoms with Crippen molar-refractivity contribution in [2.24, 2.45) is 0 Å². The first-order valence-electron chi connectivity index (χ1n) is 6.55. The molecule has 1 aromatic rings. The lowest BCUT2D eigenvalue weighted by molar-refractivity contribution is 0.0672. The largest absolute Gasteiger partial charge is 0.477 e. The van der Waals surface area contributed by atoms with Crippen LogP contribution in [0.2, 0.25) is 0 Å². The smallest absolute Gasteiger partial charge is 0.409 e. The quantitative estimate of drug-likeness (QED) is 0.803. The maximum Gasteiger partial charge on any atom is 0.409 e. The third-order valence-electron chi connectivity index (χ3n) is 3.42. The van der Waals surface area contributed by atoms with E-state index < -0.39 is 5.97 Å². The van der Waals surface area contributed by atoms with Crippen LogP contribution < -0.4 is 0 Å². The first-order chi connectivity index (χ1) is 9.52. The summed E-state index contributed by atoms with van der Waals surface area (Å²) in [5, 5.41) is 9.21. The minimum Gasteiger partial charge on any atom is -0.477 e. The fourth-order valence-corrected chi connectivity index (χ4v) is 3.06. The van der Waals surface area contributed by atoms with Gasteiger partial charge in [-0.15, -0.1) is 0 Å². The number of halogens is 1. The Hall–Kier alpha value is -1.25. The van der Waals surface area contributed by atoms with Crippen molar-refractivity contribution in [1.82, 2.24) is 9.47 Å². The monoisotopic (exact) mass is 392 g/mol. The Balaban J connectivity index is 2.04.